The van der Waals surface area contributed by atoms with E-state index in [0.29, 0.717) is 36.6 Å². The molecule has 1 fully saturated rings. The van der Waals surface area contributed by atoms with Gasteiger partial charge in [-0.25, -0.2) is 9.07 Å². The van der Waals surface area contributed by atoms with Crippen LogP contribution in [0.15, 0.2) is 60.9 Å². The Morgan fingerprint density at radius 2 is 2.06 bits per heavy atom. The molecule has 1 atom stereocenters. The van der Waals surface area contributed by atoms with Gasteiger partial charge in [-0.05, 0) is 43.2 Å². The summed E-state index contributed by atoms with van der Waals surface area (Å²) in [7, 11) is 1.45. The summed E-state index contributed by atoms with van der Waals surface area (Å²) in [6, 6.07) is 13.5. The molecular formula is C25H27FN4O4. The van der Waals surface area contributed by atoms with Crippen molar-refractivity contribution in [3.63, 3.8) is 0 Å². The van der Waals surface area contributed by atoms with Gasteiger partial charge >= 0.3 is 0 Å². The molecule has 0 spiro atoms. The molecule has 2 heterocycles. The number of nitrogens with one attached hydrogen (secondary N) is 1. The van der Waals surface area contributed by atoms with Crippen LogP contribution in [0.4, 0.5) is 10.1 Å². The standard InChI is InChI=1S/C25H27FN4O4/c1-33-17-24(31)28-20-13-27-30(15-20)21-8-4-7-19(12-21)25(32)29-11-5-6-18(14-29)16-34-23-10-3-2-9-22(23)26/h2-4,7-10,12-13,15,18H,5-6,11,14,16-17H2,1H3,(H,28,31)/t18-/m1/s1. The van der Waals surface area contributed by atoms with Gasteiger partial charge in [0.1, 0.15) is 6.61 Å². The molecule has 34 heavy (non-hydrogen) atoms. The highest BCUT2D eigenvalue weighted by molar-refractivity contribution is 5.95. The van der Waals surface area contributed by atoms with Crippen molar-refractivity contribution in [2.24, 2.45) is 5.92 Å². The van der Waals surface area contributed by atoms with Gasteiger partial charge in [0, 0.05) is 31.7 Å². The number of para-hydroxylation sites is 1. The summed E-state index contributed by atoms with van der Waals surface area (Å²) < 4.78 is 25.9. The molecule has 1 aliphatic heterocycles. The van der Waals surface area contributed by atoms with Gasteiger partial charge in [0.05, 0.1) is 30.4 Å². The Hall–Kier alpha value is -3.72. The maximum Gasteiger partial charge on any atom is 0.253 e. The van der Waals surface area contributed by atoms with Crippen molar-refractivity contribution in [2.75, 3.05) is 38.7 Å². The molecule has 2 amide bonds. The van der Waals surface area contributed by atoms with Crippen molar-refractivity contribution < 1.29 is 23.5 Å². The van der Waals surface area contributed by atoms with E-state index >= 15 is 0 Å². The van der Waals surface area contributed by atoms with E-state index in [-0.39, 0.29) is 35.9 Å². The normalized spacial score (nSPS) is 15.7. The number of aromatic nitrogens is 2. The van der Waals surface area contributed by atoms with Crippen LogP contribution in [-0.4, -0.2) is 59.9 Å². The molecule has 1 aromatic heterocycles. The van der Waals surface area contributed by atoms with Crippen LogP contribution in [-0.2, 0) is 9.53 Å². The Bertz CT molecular complexity index is 1150. The number of amides is 2. The third-order valence-electron chi connectivity index (χ3n) is 5.62. The summed E-state index contributed by atoms with van der Waals surface area (Å²) in [6.45, 7) is 1.53. The van der Waals surface area contributed by atoms with Crippen LogP contribution in [0.1, 0.15) is 23.2 Å². The summed E-state index contributed by atoms with van der Waals surface area (Å²) in [5.74, 6) is -0.369. The molecule has 4 rings (SSSR count). The van der Waals surface area contributed by atoms with Gasteiger partial charge in [-0.15, -0.1) is 0 Å². The average Bonchev–Trinajstić information content (AvgIpc) is 3.32. The van der Waals surface area contributed by atoms with E-state index in [4.69, 9.17) is 9.47 Å². The second kappa shape index (κ2) is 10.9. The van der Waals surface area contributed by atoms with Gasteiger partial charge in [0.25, 0.3) is 5.91 Å². The number of benzene rings is 2. The second-order valence-electron chi connectivity index (χ2n) is 8.21. The lowest BCUT2D eigenvalue weighted by atomic mass is 9.98. The Morgan fingerprint density at radius 1 is 1.21 bits per heavy atom. The lowest BCUT2D eigenvalue weighted by Crippen LogP contribution is -2.41. The molecule has 3 aromatic rings. The van der Waals surface area contributed by atoms with Gasteiger partial charge in [0.15, 0.2) is 11.6 Å². The first-order valence-electron chi connectivity index (χ1n) is 11.1. The Balaban J connectivity index is 1.39. The van der Waals surface area contributed by atoms with E-state index < -0.39 is 0 Å². The number of ether oxygens (including phenoxy) is 2. The number of halogens is 1. The van der Waals surface area contributed by atoms with Crippen LogP contribution in [0.2, 0.25) is 0 Å². The number of methoxy groups -OCH3 is 1. The van der Waals surface area contributed by atoms with Crippen molar-refractivity contribution in [1.82, 2.24) is 14.7 Å². The SMILES string of the molecule is COCC(=O)Nc1cnn(-c2cccc(C(=O)N3CCC[C@@H](COc4ccccc4F)C3)c2)c1. The fourth-order valence-electron chi connectivity index (χ4n) is 3.98. The van der Waals surface area contributed by atoms with E-state index in [1.807, 2.05) is 11.0 Å². The lowest BCUT2D eigenvalue weighted by Gasteiger charge is -2.32. The molecule has 0 radical (unpaired) electrons. The Kier molecular flexibility index (Phi) is 7.54. The molecule has 0 aliphatic carbocycles. The van der Waals surface area contributed by atoms with Gasteiger partial charge in [-0.2, -0.15) is 5.10 Å². The highest BCUT2D eigenvalue weighted by Gasteiger charge is 2.25. The van der Waals surface area contributed by atoms with Gasteiger partial charge in [-0.3, -0.25) is 9.59 Å². The molecule has 1 saturated heterocycles. The van der Waals surface area contributed by atoms with E-state index in [9.17, 15) is 14.0 Å². The first-order chi connectivity index (χ1) is 16.5. The number of anilines is 1. The molecule has 9 heteroatoms. The molecule has 178 valence electrons. The smallest absolute Gasteiger partial charge is 0.253 e. The third kappa shape index (κ3) is 5.79. The molecule has 0 saturated carbocycles. The number of piperidine rings is 1. The summed E-state index contributed by atoms with van der Waals surface area (Å²) in [5.41, 5.74) is 1.79. The first kappa shape index (κ1) is 23.4. The van der Waals surface area contributed by atoms with Crippen molar-refractivity contribution in [2.45, 2.75) is 12.8 Å². The van der Waals surface area contributed by atoms with Gasteiger partial charge < -0.3 is 19.7 Å². The lowest BCUT2D eigenvalue weighted by molar-refractivity contribution is -0.119. The van der Waals surface area contributed by atoms with Crippen LogP contribution < -0.4 is 10.1 Å². The zero-order valence-corrected chi connectivity index (χ0v) is 18.9. The molecule has 1 aliphatic rings. The summed E-state index contributed by atoms with van der Waals surface area (Å²) in [6.07, 6.45) is 4.99. The number of carbonyl (C=O) groups is 2. The monoisotopic (exact) mass is 466 g/mol. The van der Waals surface area contributed by atoms with E-state index in [1.165, 1.54) is 19.4 Å². The van der Waals surface area contributed by atoms with Crippen LogP contribution in [0.3, 0.4) is 0 Å². The van der Waals surface area contributed by atoms with Crippen LogP contribution in [0.25, 0.3) is 5.69 Å². The molecule has 0 bridgehead atoms. The van der Waals surface area contributed by atoms with Crippen LogP contribution >= 0.6 is 0 Å². The number of hydrogen-bond donors (Lipinski definition) is 1. The second-order valence-corrected chi connectivity index (χ2v) is 8.21. The number of hydrogen-bond acceptors (Lipinski definition) is 5. The fraction of sp³-hybridized carbons (Fsp3) is 0.320. The molecule has 1 N–H and O–H groups in total. The highest BCUT2D eigenvalue weighted by atomic mass is 19.1. The maximum atomic E-state index is 13.8. The van der Waals surface area contributed by atoms with Gasteiger partial charge in [-0.1, -0.05) is 18.2 Å². The quantitative estimate of drug-likeness (QED) is 0.549. The molecule has 8 nitrogen and oxygen atoms in total. The molecular weight excluding hydrogens is 439 g/mol. The summed E-state index contributed by atoms with van der Waals surface area (Å²) in [4.78, 5) is 26.7. The maximum absolute atomic E-state index is 13.8. The minimum atomic E-state index is -0.386. The summed E-state index contributed by atoms with van der Waals surface area (Å²) >= 11 is 0. The minimum absolute atomic E-state index is 0.0443. The fourth-order valence-corrected chi connectivity index (χ4v) is 3.98. The first-order valence-corrected chi connectivity index (χ1v) is 11.1. The topological polar surface area (TPSA) is 85.7 Å². The number of rotatable bonds is 8. The Morgan fingerprint density at radius 3 is 2.88 bits per heavy atom. The highest BCUT2D eigenvalue weighted by Crippen LogP contribution is 2.23. The van der Waals surface area contributed by atoms with Crippen molar-refractivity contribution in [3.8, 4) is 11.4 Å². The zero-order valence-electron chi connectivity index (χ0n) is 18.9. The van der Waals surface area contributed by atoms with Crippen LogP contribution in [0, 0.1) is 11.7 Å². The molecule has 0 unspecified atom stereocenters. The summed E-state index contributed by atoms with van der Waals surface area (Å²) in [5, 5.41) is 6.97. The molecule has 2 aromatic carbocycles. The predicted molar refractivity (Wildman–Crippen MR) is 125 cm³/mol. The van der Waals surface area contributed by atoms with E-state index in [1.54, 1.807) is 47.3 Å². The number of likely N-dealkylation sites (tertiary alicyclic amines) is 1. The van der Waals surface area contributed by atoms with E-state index in [0.717, 1.165) is 12.8 Å². The van der Waals surface area contributed by atoms with E-state index in [2.05, 4.69) is 10.4 Å². The third-order valence-corrected chi connectivity index (χ3v) is 5.62. The van der Waals surface area contributed by atoms with Gasteiger partial charge in [0.2, 0.25) is 5.91 Å². The number of nitrogens with zero attached hydrogens (tertiary/aromatic N) is 3. The number of carbonyl (C=O) groups excluding carboxylic acids is 2. The largest absolute Gasteiger partial charge is 0.490 e. The predicted octanol–water partition coefficient (Wildman–Crippen LogP) is 3.53. The zero-order chi connectivity index (χ0) is 23.9. The van der Waals surface area contributed by atoms with Crippen molar-refractivity contribution in [3.05, 3.63) is 72.3 Å². The average molecular weight is 467 g/mol. The Labute approximate surface area is 197 Å². The van der Waals surface area contributed by atoms with Crippen molar-refractivity contribution >= 4 is 17.5 Å². The van der Waals surface area contributed by atoms with Crippen LogP contribution in [0.5, 0.6) is 5.75 Å². The van der Waals surface area contributed by atoms with Crippen molar-refractivity contribution in [1.29, 1.82) is 0 Å². The minimum Gasteiger partial charge on any atom is -0.490 e.